The third-order valence-corrected chi connectivity index (χ3v) is 4.19. The number of ketones is 1. The van der Waals surface area contributed by atoms with Crippen molar-refractivity contribution in [3.63, 3.8) is 0 Å². The van der Waals surface area contributed by atoms with Gasteiger partial charge in [-0.3, -0.25) is 9.59 Å². The number of anilines is 1. The van der Waals surface area contributed by atoms with E-state index in [4.69, 9.17) is 0 Å². The van der Waals surface area contributed by atoms with Gasteiger partial charge in [0.05, 0.1) is 6.54 Å². The number of likely N-dealkylation sites (N-methyl/N-ethyl adjacent to an activating group) is 1. The van der Waals surface area contributed by atoms with Crippen molar-refractivity contribution < 1.29 is 9.59 Å². The molecule has 3 rings (SSSR count). The van der Waals surface area contributed by atoms with Crippen LogP contribution in [0.2, 0.25) is 0 Å². The fraction of sp³-hybridized carbons (Fsp3) is 0.500. The molecule has 1 heterocycles. The molecule has 1 aromatic rings. The Morgan fingerprint density at radius 3 is 2.85 bits per heavy atom. The van der Waals surface area contributed by atoms with Gasteiger partial charge in [0.25, 0.3) is 0 Å². The highest BCUT2D eigenvalue weighted by Gasteiger charge is 2.31. The minimum absolute atomic E-state index is 0.150. The average Bonchev–Trinajstić information content (AvgIpc) is 3.29. The highest BCUT2D eigenvalue weighted by atomic mass is 16.2. The molecular weight excluding hydrogens is 252 g/mol. The van der Waals surface area contributed by atoms with Crippen LogP contribution in [0.15, 0.2) is 24.3 Å². The monoisotopic (exact) mass is 272 g/mol. The van der Waals surface area contributed by atoms with Crippen molar-refractivity contribution in [2.75, 3.05) is 25.0 Å². The Kier molecular flexibility index (Phi) is 3.47. The van der Waals surface area contributed by atoms with E-state index >= 15 is 0 Å². The average molecular weight is 272 g/mol. The summed E-state index contributed by atoms with van der Waals surface area (Å²) in [5, 5.41) is 0. The van der Waals surface area contributed by atoms with Crippen molar-refractivity contribution in [2.45, 2.75) is 31.7 Å². The third kappa shape index (κ3) is 2.55. The van der Waals surface area contributed by atoms with Crippen molar-refractivity contribution in [2.24, 2.45) is 0 Å². The summed E-state index contributed by atoms with van der Waals surface area (Å²) < 4.78 is 0. The summed E-state index contributed by atoms with van der Waals surface area (Å²) in [5.74, 6) is 0.336. The van der Waals surface area contributed by atoms with Crippen molar-refractivity contribution in [1.29, 1.82) is 0 Å². The van der Waals surface area contributed by atoms with Crippen LogP contribution in [0.5, 0.6) is 0 Å². The van der Waals surface area contributed by atoms with E-state index in [0.717, 1.165) is 37.1 Å². The first kappa shape index (κ1) is 13.2. The maximum Gasteiger partial charge on any atom is 0.242 e. The zero-order valence-corrected chi connectivity index (χ0v) is 11.8. The molecule has 0 atom stereocenters. The van der Waals surface area contributed by atoms with Gasteiger partial charge in [-0.1, -0.05) is 12.1 Å². The van der Waals surface area contributed by atoms with Crippen molar-refractivity contribution in [1.82, 2.24) is 4.90 Å². The van der Waals surface area contributed by atoms with Crippen molar-refractivity contribution in [3.05, 3.63) is 29.8 Å². The lowest BCUT2D eigenvalue weighted by atomic mass is 10.1. The van der Waals surface area contributed by atoms with Gasteiger partial charge >= 0.3 is 0 Å². The molecule has 0 aromatic heterocycles. The summed E-state index contributed by atoms with van der Waals surface area (Å²) in [7, 11) is 1.88. The van der Waals surface area contributed by atoms with Crippen LogP contribution < -0.4 is 4.90 Å². The van der Waals surface area contributed by atoms with E-state index in [1.165, 1.54) is 0 Å². The van der Waals surface area contributed by atoms with Crippen LogP contribution in [0.1, 0.15) is 36.0 Å². The molecule has 106 valence electrons. The number of carbonyl (C=O) groups is 2. The summed E-state index contributed by atoms with van der Waals surface area (Å²) in [6.07, 6.45) is 3.63. The second kappa shape index (κ2) is 5.27. The summed E-state index contributed by atoms with van der Waals surface area (Å²) in [5.41, 5.74) is 1.67. The molecule has 1 fully saturated rings. The Hall–Kier alpha value is -1.84. The van der Waals surface area contributed by atoms with Gasteiger partial charge < -0.3 is 9.80 Å². The Bertz CT molecular complexity index is 537. The summed E-state index contributed by atoms with van der Waals surface area (Å²) in [6.45, 7) is 1.14. The first-order valence-electron chi connectivity index (χ1n) is 7.29. The summed E-state index contributed by atoms with van der Waals surface area (Å²) >= 11 is 0. The molecule has 0 bridgehead atoms. The van der Waals surface area contributed by atoms with Gasteiger partial charge in [0.1, 0.15) is 0 Å². The van der Waals surface area contributed by atoms with Gasteiger partial charge in [0.2, 0.25) is 5.91 Å². The van der Waals surface area contributed by atoms with Crippen LogP contribution in [0, 0.1) is 0 Å². The van der Waals surface area contributed by atoms with E-state index in [0.29, 0.717) is 19.0 Å². The van der Waals surface area contributed by atoms with E-state index in [1.54, 1.807) is 0 Å². The lowest BCUT2D eigenvalue weighted by Gasteiger charge is -2.26. The molecule has 2 aliphatic rings. The zero-order chi connectivity index (χ0) is 14.1. The molecule has 4 heteroatoms. The molecule has 1 saturated carbocycles. The minimum atomic E-state index is 0.150. The van der Waals surface area contributed by atoms with Gasteiger partial charge in [0, 0.05) is 37.3 Å². The SMILES string of the molecule is CN(C(=O)CN1CCCC(=O)c2ccccc21)C1CC1. The maximum absolute atomic E-state index is 12.3. The molecule has 0 radical (unpaired) electrons. The normalized spacial score (nSPS) is 18.4. The number of para-hydroxylation sites is 1. The van der Waals surface area contributed by atoms with Crippen molar-refractivity contribution >= 4 is 17.4 Å². The number of fused-ring (bicyclic) bond motifs is 1. The first-order valence-corrected chi connectivity index (χ1v) is 7.29. The number of benzene rings is 1. The Morgan fingerprint density at radius 1 is 1.35 bits per heavy atom. The van der Waals surface area contributed by atoms with Gasteiger partial charge in [-0.05, 0) is 31.4 Å². The van der Waals surface area contributed by atoms with Gasteiger partial charge in [-0.15, -0.1) is 0 Å². The molecule has 20 heavy (non-hydrogen) atoms. The van der Waals surface area contributed by atoms with E-state index in [-0.39, 0.29) is 11.7 Å². The number of hydrogen-bond acceptors (Lipinski definition) is 3. The molecule has 0 unspecified atom stereocenters. The molecular formula is C16H20N2O2. The fourth-order valence-corrected chi connectivity index (χ4v) is 2.78. The predicted octanol–water partition coefficient (Wildman–Crippen LogP) is 2.09. The number of carbonyl (C=O) groups excluding carboxylic acids is 2. The number of hydrogen-bond donors (Lipinski definition) is 0. The highest BCUT2D eigenvalue weighted by Crippen LogP contribution is 2.28. The number of amides is 1. The predicted molar refractivity (Wildman–Crippen MR) is 78.0 cm³/mol. The molecule has 0 saturated heterocycles. The quantitative estimate of drug-likeness (QED) is 0.846. The smallest absolute Gasteiger partial charge is 0.242 e. The topological polar surface area (TPSA) is 40.6 Å². The van der Waals surface area contributed by atoms with Crippen molar-refractivity contribution in [3.8, 4) is 0 Å². The Morgan fingerprint density at radius 2 is 2.10 bits per heavy atom. The fourth-order valence-electron chi connectivity index (χ4n) is 2.78. The zero-order valence-electron chi connectivity index (χ0n) is 11.8. The van der Waals surface area contributed by atoms with Gasteiger partial charge in [-0.2, -0.15) is 0 Å². The molecule has 1 aliphatic carbocycles. The summed E-state index contributed by atoms with van der Waals surface area (Å²) in [6, 6.07) is 8.07. The van der Waals surface area contributed by atoms with E-state index < -0.39 is 0 Å². The van der Waals surface area contributed by atoms with E-state index in [1.807, 2.05) is 36.2 Å². The largest absolute Gasteiger partial charge is 0.362 e. The number of Topliss-reactive ketones (excluding diaryl/α,β-unsaturated/α-hetero) is 1. The van der Waals surface area contributed by atoms with Crippen LogP contribution in [-0.4, -0.2) is 42.8 Å². The number of rotatable bonds is 3. The van der Waals surface area contributed by atoms with Crippen LogP contribution in [-0.2, 0) is 4.79 Å². The molecule has 1 aliphatic heterocycles. The summed E-state index contributed by atoms with van der Waals surface area (Å²) in [4.78, 5) is 28.3. The minimum Gasteiger partial charge on any atom is -0.362 e. The standard InChI is InChI=1S/C16H20N2O2/c1-17(12-8-9-12)16(20)11-18-10-4-7-15(19)13-5-2-3-6-14(13)18/h2-3,5-6,12H,4,7-11H2,1H3. The van der Waals surface area contributed by atoms with Crippen LogP contribution in [0.4, 0.5) is 5.69 Å². The second-order valence-corrected chi connectivity index (χ2v) is 5.70. The van der Waals surface area contributed by atoms with Crippen LogP contribution in [0.25, 0.3) is 0 Å². The molecule has 0 N–H and O–H groups in total. The van der Waals surface area contributed by atoms with Crippen LogP contribution in [0.3, 0.4) is 0 Å². The molecule has 0 spiro atoms. The Balaban J connectivity index is 1.80. The van der Waals surface area contributed by atoms with E-state index in [9.17, 15) is 9.59 Å². The molecule has 1 aromatic carbocycles. The van der Waals surface area contributed by atoms with Gasteiger partial charge in [0.15, 0.2) is 5.78 Å². The highest BCUT2D eigenvalue weighted by molar-refractivity contribution is 6.02. The first-order chi connectivity index (χ1) is 9.66. The maximum atomic E-state index is 12.3. The van der Waals surface area contributed by atoms with Crippen LogP contribution >= 0.6 is 0 Å². The lowest BCUT2D eigenvalue weighted by molar-refractivity contribution is -0.128. The lowest BCUT2D eigenvalue weighted by Crippen LogP contribution is -2.39. The Labute approximate surface area is 119 Å². The second-order valence-electron chi connectivity index (χ2n) is 5.70. The number of nitrogens with zero attached hydrogens (tertiary/aromatic N) is 2. The third-order valence-electron chi connectivity index (χ3n) is 4.19. The molecule has 1 amide bonds. The molecule has 4 nitrogen and oxygen atoms in total. The van der Waals surface area contributed by atoms with Gasteiger partial charge in [-0.25, -0.2) is 0 Å². The van der Waals surface area contributed by atoms with E-state index in [2.05, 4.69) is 4.90 Å².